The summed E-state index contributed by atoms with van der Waals surface area (Å²) in [6, 6.07) is -0.159. The van der Waals surface area contributed by atoms with Gasteiger partial charge in [0.1, 0.15) is 5.82 Å². The van der Waals surface area contributed by atoms with Crippen molar-refractivity contribution in [3.63, 3.8) is 0 Å². The lowest BCUT2D eigenvalue weighted by atomic mass is 10.4. The van der Waals surface area contributed by atoms with Crippen LogP contribution in [-0.4, -0.2) is 38.5 Å². The molecule has 3 rings (SSSR count). The van der Waals surface area contributed by atoms with E-state index in [0.29, 0.717) is 5.92 Å². The molecule has 2 aliphatic rings. The smallest absolute Gasteiger partial charge is 0.321 e. The summed E-state index contributed by atoms with van der Waals surface area (Å²) in [6.45, 7) is 2.84. The van der Waals surface area contributed by atoms with Crippen LogP contribution >= 0.6 is 11.8 Å². The summed E-state index contributed by atoms with van der Waals surface area (Å²) in [5.74, 6) is 1.41. The van der Waals surface area contributed by atoms with E-state index in [1.807, 2.05) is 6.92 Å². The number of thioether (sulfide) groups is 1. The molecule has 3 amide bonds. The molecule has 8 heteroatoms. The highest BCUT2D eigenvalue weighted by Gasteiger charge is 2.30. The first-order valence-electron chi connectivity index (χ1n) is 7.33. The van der Waals surface area contributed by atoms with Gasteiger partial charge >= 0.3 is 6.03 Å². The Morgan fingerprint density at radius 3 is 2.67 bits per heavy atom. The second-order valence-electron chi connectivity index (χ2n) is 5.44. The Kier molecular flexibility index (Phi) is 4.14. The lowest BCUT2D eigenvalue weighted by molar-refractivity contribution is -0.117. The van der Waals surface area contributed by atoms with E-state index in [9.17, 15) is 9.59 Å². The third-order valence-corrected chi connectivity index (χ3v) is 4.47. The average molecular weight is 309 g/mol. The Morgan fingerprint density at radius 1 is 1.29 bits per heavy atom. The largest absolute Gasteiger partial charge is 0.335 e. The Morgan fingerprint density at radius 2 is 2.05 bits per heavy atom. The summed E-state index contributed by atoms with van der Waals surface area (Å²) >= 11 is 1.32. The van der Waals surface area contributed by atoms with Crippen LogP contribution in [0.2, 0.25) is 0 Å². The predicted octanol–water partition coefficient (Wildman–Crippen LogP) is 1.26. The van der Waals surface area contributed by atoms with Crippen LogP contribution in [0, 0.1) is 0 Å². The summed E-state index contributed by atoms with van der Waals surface area (Å²) in [5, 5.41) is 14.2. The molecule has 0 unspecified atom stereocenters. The predicted molar refractivity (Wildman–Crippen MR) is 78.1 cm³/mol. The van der Waals surface area contributed by atoms with Crippen molar-refractivity contribution in [1.82, 2.24) is 25.4 Å². The third-order valence-electron chi connectivity index (χ3n) is 3.50. The van der Waals surface area contributed by atoms with E-state index in [1.54, 1.807) is 0 Å². The van der Waals surface area contributed by atoms with Crippen LogP contribution in [-0.2, 0) is 11.3 Å². The van der Waals surface area contributed by atoms with Crippen molar-refractivity contribution < 1.29 is 9.59 Å². The monoisotopic (exact) mass is 309 g/mol. The lowest BCUT2D eigenvalue weighted by Crippen LogP contribution is -2.41. The van der Waals surface area contributed by atoms with Gasteiger partial charge in [0.2, 0.25) is 5.91 Å². The average Bonchev–Trinajstić information content (AvgIpc) is 3.36. The van der Waals surface area contributed by atoms with Crippen molar-refractivity contribution in [3.05, 3.63) is 5.82 Å². The zero-order valence-corrected chi connectivity index (χ0v) is 12.8. The highest BCUT2D eigenvalue weighted by atomic mass is 32.2. The molecule has 2 aliphatic carbocycles. The van der Waals surface area contributed by atoms with E-state index in [4.69, 9.17) is 0 Å². The Hall–Kier alpha value is -1.57. The van der Waals surface area contributed by atoms with Crippen LogP contribution in [0.5, 0.6) is 0 Å². The molecule has 1 heterocycles. The standard InChI is InChI=1S/C13H19N5O2S/c1-2-18-11(8-3-4-8)16-17-13(18)21-7-10(19)15-12(20)14-9-5-6-9/h8-9H,2-7H2,1H3,(H2,14,15,19,20). The van der Waals surface area contributed by atoms with E-state index in [1.165, 1.54) is 24.6 Å². The third kappa shape index (κ3) is 3.75. The fourth-order valence-corrected chi connectivity index (χ4v) is 2.90. The fourth-order valence-electron chi connectivity index (χ4n) is 2.09. The molecule has 0 spiro atoms. The first-order valence-corrected chi connectivity index (χ1v) is 8.32. The number of aromatic nitrogens is 3. The maximum Gasteiger partial charge on any atom is 0.321 e. The summed E-state index contributed by atoms with van der Waals surface area (Å²) in [4.78, 5) is 23.2. The van der Waals surface area contributed by atoms with Crippen LogP contribution in [0.25, 0.3) is 0 Å². The van der Waals surface area contributed by atoms with E-state index >= 15 is 0 Å². The van der Waals surface area contributed by atoms with Gasteiger partial charge in [-0.15, -0.1) is 10.2 Å². The summed E-state index contributed by atoms with van der Waals surface area (Å²) in [5.41, 5.74) is 0. The number of nitrogens with zero attached hydrogens (tertiary/aromatic N) is 3. The van der Waals surface area contributed by atoms with Crippen LogP contribution in [0.4, 0.5) is 4.79 Å². The Balaban J connectivity index is 1.49. The van der Waals surface area contributed by atoms with Gasteiger partial charge < -0.3 is 9.88 Å². The summed E-state index contributed by atoms with van der Waals surface area (Å²) < 4.78 is 2.06. The summed E-state index contributed by atoms with van der Waals surface area (Å²) in [6.07, 6.45) is 4.34. The molecule has 1 aromatic heterocycles. The fraction of sp³-hybridized carbons (Fsp3) is 0.692. The highest BCUT2D eigenvalue weighted by molar-refractivity contribution is 7.99. The van der Waals surface area contributed by atoms with Crippen LogP contribution < -0.4 is 10.6 Å². The van der Waals surface area contributed by atoms with Gasteiger partial charge in [-0.25, -0.2) is 4.79 Å². The van der Waals surface area contributed by atoms with Crippen molar-refractivity contribution in [2.75, 3.05) is 5.75 Å². The molecule has 0 bridgehead atoms. The Labute approximate surface area is 127 Å². The minimum atomic E-state index is -0.404. The molecule has 114 valence electrons. The van der Waals surface area contributed by atoms with Gasteiger partial charge in [-0.3, -0.25) is 10.1 Å². The van der Waals surface area contributed by atoms with E-state index in [0.717, 1.165) is 30.4 Å². The van der Waals surface area contributed by atoms with Gasteiger partial charge in [0.05, 0.1) is 5.75 Å². The number of carbonyl (C=O) groups excluding carboxylic acids is 2. The molecular formula is C13H19N5O2S. The molecule has 0 aliphatic heterocycles. The lowest BCUT2D eigenvalue weighted by Gasteiger charge is -2.07. The van der Waals surface area contributed by atoms with Crippen molar-refractivity contribution in [2.24, 2.45) is 0 Å². The number of rotatable bonds is 6. The van der Waals surface area contributed by atoms with E-state index in [-0.39, 0.29) is 17.7 Å². The number of hydrogen-bond acceptors (Lipinski definition) is 5. The van der Waals surface area contributed by atoms with Crippen LogP contribution in [0.3, 0.4) is 0 Å². The molecule has 0 aromatic carbocycles. The van der Waals surface area contributed by atoms with Crippen molar-refractivity contribution in [2.45, 2.75) is 56.3 Å². The van der Waals surface area contributed by atoms with Crippen molar-refractivity contribution in [3.8, 4) is 0 Å². The molecular weight excluding hydrogens is 290 g/mol. The molecule has 0 saturated heterocycles. The maximum absolute atomic E-state index is 11.7. The van der Waals surface area contributed by atoms with E-state index in [2.05, 4.69) is 25.4 Å². The second kappa shape index (κ2) is 6.05. The molecule has 2 fully saturated rings. The van der Waals surface area contributed by atoms with Gasteiger partial charge in [-0.2, -0.15) is 0 Å². The first kappa shape index (κ1) is 14.4. The van der Waals surface area contributed by atoms with Gasteiger partial charge in [0, 0.05) is 18.5 Å². The number of amides is 3. The normalized spacial score (nSPS) is 17.6. The molecule has 2 N–H and O–H groups in total. The molecule has 0 radical (unpaired) electrons. The topological polar surface area (TPSA) is 88.9 Å². The zero-order valence-electron chi connectivity index (χ0n) is 12.0. The van der Waals surface area contributed by atoms with Gasteiger partial charge in [-0.1, -0.05) is 11.8 Å². The quantitative estimate of drug-likeness (QED) is 0.772. The molecule has 2 saturated carbocycles. The number of imide groups is 1. The molecule has 1 aromatic rings. The molecule has 21 heavy (non-hydrogen) atoms. The summed E-state index contributed by atoms with van der Waals surface area (Å²) in [7, 11) is 0. The van der Waals surface area contributed by atoms with Gasteiger partial charge in [0.25, 0.3) is 0 Å². The van der Waals surface area contributed by atoms with Crippen molar-refractivity contribution in [1.29, 1.82) is 0 Å². The maximum atomic E-state index is 11.7. The first-order chi connectivity index (χ1) is 10.2. The number of urea groups is 1. The minimum Gasteiger partial charge on any atom is -0.335 e. The number of hydrogen-bond donors (Lipinski definition) is 2. The van der Waals surface area contributed by atoms with Gasteiger partial charge in [0.15, 0.2) is 5.16 Å². The van der Waals surface area contributed by atoms with Gasteiger partial charge in [-0.05, 0) is 32.6 Å². The second-order valence-corrected chi connectivity index (χ2v) is 6.39. The van der Waals surface area contributed by atoms with Crippen molar-refractivity contribution >= 4 is 23.7 Å². The molecule has 0 atom stereocenters. The zero-order chi connectivity index (χ0) is 14.8. The van der Waals surface area contributed by atoms with E-state index < -0.39 is 6.03 Å². The number of nitrogens with one attached hydrogen (secondary N) is 2. The minimum absolute atomic E-state index is 0.168. The van der Waals surface area contributed by atoms with Crippen LogP contribution in [0.1, 0.15) is 44.3 Å². The SMILES string of the molecule is CCn1c(SCC(=O)NC(=O)NC2CC2)nnc1C1CC1. The van der Waals surface area contributed by atoms with Crippen LogP contribution in [0.15, 0.2) is 5.16 Å². The highest BCUT2D eigenvalue weighted by Crippen LogP contribution is 2.39. The molecule has 7 nitrogen and oxygen atoms in total. The number of carbonyl (C=O) groups is 2. The Bertz CT molecular complexity index is 551.